The summed E-state index contributed by atoms with van der Waals surface area (Å²) in [6.07, 6.45) is 3.26. The number of hydrogen-bond donors (Lipinski definition) is 1. The van der Waals surface area contributed by atoms with E-state index in [0.717, 1.165) is 25.3 Å². The maximum Gasteiger partial charge on any atom is 0.271 e. The molecule has 0 fully saturated rings. The minimum Gasteiger partial charge on any atom is -0.487 e. The van der Waals surface area contributed by atoms with Crippen LogP contribution in [0.1, 0.15) is 15.9 Å². The number of hydrazone groups is 1. The summed E-state index contributed by atoms with van der Waals surface area (Å²) in [4.78, 5) is 12.5. The van der Waals surface area contributed by atoms with Crippen molar-refractivity contribution in [3.05, 3.63) is 87.3 Å². The Bertz CT molecular complexity index is 1000. The van der Waals surface area contributed by atoms with Crippen molar-refractivity contribution in [2.24, 2.45) is 5.10 Å². The molecular formula is C21H16Br2N2O2. The molecule has 0 radical (unpaired) electrons. The van der Waals surface area contributed by atoms with E-state index in [9.17, 15) is 4.79 Å². The van der Waals surface area contributed by atoms with Gasteiger partial charge in [0.2, 0.25) is 0 Å². The zero-order valence-electron chi connectivity index (χ0n) is 14.3. The number of halogens is 2. The van der Waals surface area contributed by atoms with Crippen molar-refractivity contribution in [3.8, 4) is 5.75 Å². The summed E-state index contributed by atoms with van der Waals surface area (Å²) in [6, 6.07) is 17.1. The van der Waals surface area contributed by atoms with Crippen LogP contribution in [0, 0.1) is 0 Å². The SMILES string of the molecule is C=CCOc1c(Br)cc(/C=N\NC(=O)c2cccc3ccccc23)cc1Br. The van der Waals surface area contributed by atoms with Crippen molar-refractivity contribution in [2.45, 2.75) is 0 Å². The fourth-order valence-electron chi connectivity index (χ4n) is 2.58. The highest BCUT2D eigenvalue weighted by molar-refractivity contribution is 9.11. The second kappa shape index (κ2) is 8.97. The standard InChI is InChI=1S/C21H16Br2N2O2/c1-2-10-27-20-18(22)11-14(12-19(20)23)13-24-25-21(26)17-9-5-7-15-6-3-4-8-16(15)17/h2-9,11-13H,1,10H2,(H,25,26)/b24-13-. The summed E-state index contributed by atoms with van der Waals surface area (Å²) < 4.78 is 7.14. The third-order valence-electron chi connectivity index (χ3n) is 3.78. The summed E-state index contributed by atoms with van der Waals surface area (Å²) in [5, 5.41) is 5.98. The maximum atomic E-state index is 12.5. The fourth-order valence-corrected chi connectivity index (χ4v) is 4.03. The van der Waals surface area contributed by atoms with Crippen LogP contribution in [0.15, 0.2) is 81.3 Å². The first-order valence-corrected chi connectivity index (χ1v) is 9.72. The molecule has 0 spiro atoms. The first-order valence-electron chi connectivity index (χ1n) is 8.14. The maximum absolute atomic E-state index is 12.5. The monoisotopic (exact) mass is 486 g/mol. The van der Waals surface area contributed by atoms with Crippen LogP contribution in [0.5, 0.6) is 5.75 Å². The number of ether oxygens (including phenoxy) is 1. The van der Waals surface area contributed by atoms with Crippen molar-refractivity contribution in [3.63, 3.8) is 0 Å². The molecule has 0 unspecified atom stereocenters. The number of fused-ring (bicyclic) bond motifs is 1. The molecular weight excluding hydrogens is 472 g/mol. The molecule has 1 N–H and O–H groups in total. The Morgan fingerprint density at radius 1 is 1.11 bits per heavy atom. The van der Waals surface area contributed by atoms with E-state index in [0.29, 0.717) is 17.9 Å². The molecule has 0 aliphatic rings. The van der Waals surface area contributed by atoms with E-state index >= 15 is 0 Å². The van der Waals surface area contributed by atoms with Gasteiger partial charge in [0, 0.05) is 5.56 Å². The van der Waals surface area contributed by atoms with Crippen LogP contribution >= 0.6 is 31.9 Å². The summed E-state index contributed by atoms with van der Waals surface area (Å²) in [7, 11) is 0. The van der Waals surface area contributed by atoms with Gasteiger partial charge in [0.1, 0.15) is 12.4 Å². The highest BCUT2D eigenvalue weighted by Gasteiger charge is 2.10. The van der Waals surface area contributed by atoms with Crippen molar-refractivity contribution >= 4 is 54.8 Å². The van der Waals surface area contributed by atoms with Crippen LogP contribution < -0.4 is 10.2 Å². The zero-order chi connectivity index (χ0) is 19.2. The van der Waals surface area contributed by atoms with Crippen LogP contribution in [0.2, 0.25) is 0 Å². The van der Waals surface area contributed by atoms with Crippen LogP contribution in [0.25, 0.3) is 10.8 Å². The minimum atomic E-state index is -0.257. The quantitative estimate of drug-likeness (QED) is 0.275. The van der Waals surface area contributed by atoms with Gasteiger partial charge in [-0.1, -0.05) is 49.1 Å². The molecule has 0 heterocycles. The number of nitrogens with one attached hydrogen (secondary N) is 1. The highest BCUT2D eigenvalue weighted by Crippen LogP contribution is 2.34. The van der Waals surface area contributed by atoms with Gasteiger partial charge in [-0.05, 0) is 66.4 Å². The molecule has 0 atom stereocenters. The Labute approximate surface area is 174 Å². The Kier molecular flexibility index (Phi) is 6.42. The van der Waals surface area contributed by atoms with E-state index in [-0.39, 0.29) is 5.91 Å². The topological polar surface area (TPSA) is 50.7 Å². The summed E-state index contributed by atoms with van der Waals surface area (Å²) in [5.74, 6) is 0.430. The van der Waals surface area contributed by atoms with Gasteiger partial charge in [0.15, 0.2) is 0 Å². The number of nitrogens with zero attached hydrogens (tertiary/aromatic N) is 1. The average molecular weight is 488 g/mol. The van der Waals surface area contributed by atoms with E-state index in [1.54, 1.807) is 18.4 Å². The number of carbonyl (C=O) groups is 1. The van der Waals surface area contributed by atoms with Crippen molar-refractivity contribution < 1.29 is 9.53 Å². The molecule has 27 heavy (non-hydrogen) atoms. The summed E-state index contributed by atoms with van der Waals surface area (Å²) >= 11 is 6.95. The van der Waals surface area contributed by atoms with Gasteiger partial charge in [-0.25, -0.2) is 5.43 Å². The van der Waals surface area contributed by atoms with Gasteiger partial charge in [-0.2, -0.15) is 5.10 Å². The molecule has 3 aromatic carbocycles. The van der Waals surface area contributed by atoms with Gasteiger partial charge < -0.3 is 4.74 Å². The van der Waals surface area contributed by atoms with Gasteiger partial charge in [-0.3, -0.25) is 4.79 Å². The zero-order valence-corrected chi connectivity index (χ0v) is 17.5. The van der Waals surface area contributed by atoms with E-state index in [1.807, 2.05) is 48.5 Å². The molecule has 0 aliphatic heterocycles. The molecule has 6 heteroatoms. The van der Waals surface area contributed by atoms with E-state index in [4.69, 9.17) is 4.74 Å². The lowest BCUT2D eigenvalue weighted by atomic mass is 10.0. The molecule has 0 saturated heterocycles. The largest absolute Gasteiger partial charge is 0.487 e. The third-order valence-corrected chi connectivity index (χ3v) is 4.96. The second-order valence-electron chi connectivity index (χ2n) is 5.64. The number of hydrogen-bond acceptors (Lipinski definition) is 3. The molecule has 4 nitrogen and oxygen atoms in total. The van der Waals surface area contributed by atoms with Crippen molar-refractivity contribution in [2.75, 3.05) is 6.61 Å². The van der Waals surface area contributed by atoms with Crippen LogP contribution in [0.4, 0.5) is 0 Å². The van der Waals surface area contributed by atoms with Gasteiger partial charge in [-0.15, -0.1) is 0 Å². The number of amides is 1. The lowest BCUT2D eigenvalue weighted by Gasteiger charge is -2.09. The molecule has 0 aromatic heterocycles. The molecule has 3 aromatic rings. The predicted octanol–water partition coefficient (Wildman–Crippen LogP) is 5.69. The van der Waals surface area contributed by atoms with E-state index < -0.39 is 0 Å². The number of benzene rings is 3. The van der Waals surface area contributed by atoms with Crippen LogP contribution in [0.3, 0.4) is 0 Å². The normalized spacial score (nSPS) is 10.9. The first kappa shape index (κ1) is 19.3. The molecule has 0 bridgehead atoms. The fraction of sp³-hybridized carbons (Fsp3) is 0.0476. The molecule has 0 saturated carbocycles. The second-order valence-corrected chi connectivity index (χ2v) is 7.35. The number of rotatable bonds is 6. The van der Waals surface area contributed by atoms with Crippen LogP contribution in [-0.2, 0) is 0 Å². The summed E-state index contributed by atoms with van der Waals surface area (Å²) in [5.41, 5.74) is 3.97. The third kappa shape index (κ3) is 4.64. The Morgan fingerprint density at radius 3 is 2.56 bits per heavy atom. The van der Waals surface area contributed by atoms with Crippen LogP contribution in [-0.4, -0.2) is 18.7 Å². The van der Waals surface area contributed by atoms with Gasteiger partial charge in [0.25, 0.3) is 5.91 Å². The highest BCUT2D eigenvalue weighted by atomic mass is 79.9. The Morgan fingerprint density at radius 2 is 1.81 bits per heavy atom. The Hall–Kier alpha value is -2.44. The van der Waals surface area contributed by atoms with Crippen molar-refractivity contribution in [1.82, 2.24) is 5.43 Å². The van der Waals surface area contributed by atoms with Crippen molar-refractivity contribution in [1.29, 1.82) is 0 Å². The number of carbonyl (C=O) groups excluding carboxylic acids is 1. The molecule has 136 valence electrons. The minimum absolute atomic E-state index is 0.257. The average Bonchev–Trinajstić information content (AvgIpc) is 2.67. The van der Waals surface area contributed by atoms with E-state index in [2.05, 4.69) is 49.0 Å². The molecule has 1 amide bonds. The molecule has 0 aliphatic carbocycles. The smallest absolute Gasteiger partial charge is 0.271 e. The lowest BCUT2D eigenvalue weighted by molar-refractivity contribution is 0.0957. The molecule has 3 rings (SSSR count). The predicted molar refractivity (Wildman–Crippen MR) is 117 cm³/mol. The summed E-state index contributed by atoms with van der Waals surface area (Å²) in [6.45, 7) is 4.04. The van der Waals surface area contributed by atoms with Gasteiger partial charge >= 0.3 is 0 Å². The lowest BCUT2D eigenvalue weighted by Crippen LogP contribution is -2.17. The van der Waals surface area contributed by atoms with E-state index in [1.165, 1.54) is 0 Å². The van der Waals surface area contributed by atoms with Gasteiger partial charge in [0.05, 0.1) is 15.2 Å². The first-order chi connectivity index (χ1) is 13.1. The Balaban J connectivity index is 1.75.